The predicted molar refractivity (Wildman–Crippen MR) is 316 cm³/mol. The Balaban J connectivity index is 0.851. The van der Waals surface area contributed by atoms with Crippen molar-refractivity contribution in [3.8, 4) is 0 Å². The number of rotatable bonds is 20. The monoisotopic (exact) mass is 964 g/mol. The number of ether oxygens (including phenoxy) is 2. The van der Waals surface area contributed by atoms with Crippen LogP contribution in [0.3, 0.4) is 0 Å². The number of nitrogens with zero attached hydrogens (tertiary/aromatic N) is 2. The van der Waals surface area contributed by atoms with Crippen LogP contribution in [-0.2, 0) is 35.9 Å². The van der Waals surface area contributed by atoms with E-state index in [2.05, 4.69) is 281 Å². The highest BCUT2D eigenvalue weighted by Crippen LogP contribution is 2.38. The molecule has 0 unspecified atom stereocenters. The second kappa shape index (κ2) is 24.3. The van der Waals surface area contributed by atoms with Gasteiger partial charge in [-0.25, -0.2) is 0 Å². The largest absolute Gasteiger partial charge is 0.372 e. The zero-order valence-electron chi connectivity index (χ0n) is 43.0. The predicted octanol–water partition coefficient (Wildman–Crippen LogP) is 18.9. The Morgan fingerprint density at radius 2 is 0.581 bits per heavy atom. The summed E-state index contributed by atoms with van der Waals surface area (Å²) < 4.78 is 12.2. The molecule has 0 heterocycles. The van der Waals surface area contributed by atoms with Gasteiger partial charge in [-0.15, -0.1) is 0 Å². The van der Waals surface area contributed by atoms with Gasteiger partial charge in [0.1, 0.15) is 0 Å². The van der Waals surface area contributed by atoms with Crippen LogP contribution in [0.5, 0.6) is 0 Å². The molecule has 0 saturated heterocycles. The summed E-state index contributed by atoms with van der Waals surface area (Å²) in [4.78, 5) is 4.64. The normalized spacial score (nSPS) is 11.3. The molecule has 4 heteroatoms. The molecule has 0 spiro atoms. The zero-order valence-corrected chi connectivity index (χ0v) is 43.0. The summed E-state index contributed by atoms with van der Waals surface area (Å²) in [5, 5.41) is 0. The molecule has 4 nitrogen and oxygen atoms in total. The highest BCUT2D eigenvalue weighted by Gasteiger charge is 2.15. The highest BCUT2D eigenvalue weighted by atomic mass is 16.5. The lowest BCUT2D eigenvalue weighted by Crippen LogP contribution is -2.10. The summed E-state index contributed by atoms with van der Waals surface area (Å²) in [6.07, 6.45) is 12.4. The first-order valence-electron chi connectivity index (χ1n) is 25.4. The van der Waals surface area contributed by atoms with Gasteiger partial charge in [0.05, 0.1) is 26.4 Å². The van der Waals surface area contributed by atoms with Gasteiger partial charge in [-0.2, -0.15) is 0 Å². The maximum atomic E-state index is 6.09. The maximum Gasteiger partial charge on any atom is 0.0721 e. The lowest BCUT2D eigenvalue weighted by molar-refractivity contribution is 0.107. The van der Waals surface area contributed by atoms with Crippen LogP contribution < -0.4 is 9.80 Å². The number of hydrogen-bond donors (Lipinski definition) is 0. The van der Waals surface area contributed by atoms with Gasteiger partial charge < -0.3 is 19.3 Å². The molecule has 0 amide bonds. The highest BCUT2D eigenvalue weighted by molar-refractivity contribution is 5.81. The fourth-order valence-electron chi connectivity index (χ4n) is 8.80. The van der Waals surface area contributed by atoms with E-state index in [0.717, 1.165) is 89.8 Å². The van der Waals surface area contributed by atoms with E-state index in [9.17, 15) is 0 Å². The number of aryl methyl sites for hydroxylation is 4. The number of benzene rings is 9. The molecule has 0 atom stereocenters. The van der Waals surface area contributed by atoms with Crippen molar-refractivity contribution in [3.63, 3.8) is 0 Å². The Kier molecular flexibility index (Phi) is 16.5. The van der Waals surface area contributed by atoms with Crippen molar-refractivity contribution < 1.29 is 9.47 Å². The molecule has 0 aliphatic heterocycles. The molecule has 9 rings (SSSR count). The van der Waals surface area contributed by atoms with Crippen molar-refractivity contribution in [2.24, 2.45) is 0 Å². The molecule has 366 valence electrons. The molecule has 0 N–H and O–H groups in total. The van der Waals surface area contributed by atoms with Crippen LogP contribution in [0.15, 0.2) is 219 Å². The second-order valence-corrected chi connectivity index (χ2v) is 18.9. The van der Waals surface area contributed by atoms with E-state index < -0.39 is 0 Å². The smallest absolute Gasteiger partial charge is 0.0721 e. The first kappa shape index (κ1) is 50.4. The van der Waals surface area contributed by atoms with Crippen molar-refractivity contribution in [1.82, 2.24) is 0 Å². The van der Waals surface area contributed by atoms with Crippen molar-refractivity contribution in [1.29, 1.82) is 0 Å². The topological polar surface area (TPSA) is 24.9 Å². The molecule has 0 fully saturated rings. The summed E-state index contributed by atoms with van der Waals surface area (Å²) in [6.45, 7) is 18.6. The van der Waals surface area contributed by atoms with Gasteiger partial charge in [0.25, 0.3) is 0 Å². The quantitative estimate of drug-likeness (QED) is 0.0711. The lowest BCUT2D eigenvalue weighted by atomic mass is 10.1. The average molecular weight is 965 g/mol. The molecule has 9 aromatic carbocycles. The van der Waals surface area contributed by atoms with E-state index >= 15 is 0 Å². The van der Waals surface area contributed by atoms with Crippen LogP contribution >= 0.6 is 0 Å². The van der Waals surface area contributed by atoms with E-state index in [4.69, 9.17) is 9.47 Å². The van der Waals surface area contributed by atoms with Crippen LogP contribution in [0, 0.1) is 27.7 Å². The third-order valence-corrected chi connectivity index (χ3v) is 13.5. The molecule has 0 bridgehead atoms. The van der Waals surface area contributed by atoms with Crippen LogP contribution in [0.4, 0.5) is 34.1 Å². The average Bonchev–Trinajstić information content (AvgIpc) is 3.44. The Morgan fingerprint density at radius 1 is 0.297 bits per heavy atom. The summed E-state index contributed by atoms with van der Waals surface area (Å²) >= 11 is 0. The Hall–Kier alpha value is -8.54. The maximum absolute atomic E-state index is 6.09. The summed E-state index contributed by atoms with van der Waals surface area (Å²) in [5.74, 6) is 0. The molecule has 0 aromatic heterocycles. The van der Waals surface area contributed by atoms with Gasteiger partial charge in [-0.1, -0.05) is 177 Å². The number of hydrogen-bond acceptors (Lipinski definition) is 4. The Bertz CT molecular complexity index is 3140. The van der Waals surface area contributed by atoms with E-state index in [0.29, 0.717) is 26.4 Å². The van der Waals surface area contributed by atoms with E-state index in [1.54, 1.807) is 0 Å². The molecule has 9 aromatic rings. The van der Waals surface area contributed by atoms with Crippen molar-refractivity contribution in [2.45, 2.75) is 54.1 Å². The van der Waals surface area contributed by atoms with Gasteiger partial charge in [0.2, 0.25) is 0 Å². The molecule has 0 saturated carbocycles. The van der Waals surface area contributed by atoms with E-state index in [1.165, 1.54) is 22.3 Å². The van der Waals surface area contributed by atoms with Crippen molar-refractivity contribution in [2.75, 3.05) is 9.80 Å². The van der Waals surface area contributed by atoms with Gasteiger partial charge in [0, 0.05) is 34.1 Å². The van der Waals surface area contributed by atoms with Crippen LogP contribution in [0.2, 0.25) is 0 Å². The second-order valence-electron chi connectivity index (χ2n) is 18.9. The Morgan fingerprint density at radius 3 is 0.905 bits per heavy atom. The molecular formula is C70H64N2O2. The van der Waals surface area contributed by atoms with Crippen molar-refractivity contribution in [3.05, 3.63) is 297 Å². The van der Waals surface area contributed by atoms with Crippen LogP contribution in [0.25, 0.3) is 36.5 Å². The molecular weight excluding hydrogens is 901 g/mol. The summed E-state index contributed by atoms with van der Waals surface area (Å²) in [7, 11) is 0. The third-order valence-electron chi connectivity index (χ3n) is 13.5. The summed E-state index contributed by atoms with van der Waals surface area (Å²) in [5.41, 5.74) is 23.0. The van der Waals surface area contributed by atoms with Gasteiger partial charge >= 0.3 is 0 Å². The van der Waals surface area contributed by atoms with Gasteiger partial charge in [0.15, 0.2) is 0 Å². The van der Waals surface area contributed by atoms with Gasteiger partial charge in [-0.05, 0) is 184 Å². The zero-order chi connectivity index (χ0) is 51.2. The first-order chi connectivity index (χ1) is 36.2. The third kappa shape index (κ3) is 13.1. The van der Waals surface area contributed by atoms with Crippen molar-refractivity contribution >= 4 is 70.6 Å². The fourth-order valence-corrected chi connectivity index (χ4v) is 8.80. The fraction of sp³-hybridized carbons (Fsp3) is 0.114. The van der Waals surface area contributed by atoms with Crippen LogP contribution in [-0.4, -0.2) is 0 Å². The lowest BCUT2D eigenvalue weighted by Gasteiger charge is -2.26. The van der Waals surface area contributed by atoms with E-state index in [1.807, 2.05) is 12.2 Å². The minimum absolute atomic E-state index is 0.540. The minimum atomic E-state index is 0.540. The molecule has 0 aliphatic carbocycles. The molecule has 0 aliphatic rings. The minimum Gasteiger partial charge on any atom is -0.372 e. The first-order valence-corrected chi connectivity index (χ1v) is 25.4. The standard InChI is InChI=1S/C70H64N2O2/c1-7-55-14-22-61(23-15-55)47-73-49-63-30-40-67(41-31-63)71(69-34-12-51(3)53(5)44-69)65-36-26-57(27-37-65)18-20-59-10-9-11-60(46-59)21-19-58-28-38-66(39-29-58)72(70-35-13-52(4)54(6)45-70)68-42-32-64(33-43-68)50-74-48-62-24-16-56(8-2)17-25-62/h7-46H,1-2,47-50H2,3-6H3/b20-18+,21-19+. The molecule has 0 radical (unpaired) electrons. The van der Waals surface area contributed by atoms with Gasteiger partial charge in [-0.3, -0.25) is 0 Å². The summed E-state index contributed by atoms with van der Waals surface area (Å²) in [6, 6.07) is 73.6. The van der Waals surface area contributed by atoms with Crippen LogP contribution in [0.1, 0.15) is 77.9 Å². The number of anilines is 6. The van der Waals surface area contributed by atoms with E-state index in [-0.39, 0.29) is 0 Å². The molecule has 74 heavy (non-hydrogen) atoms. The SMILES string of the molecule is C=Cc1ccc(COCc2ccc(N(c3ccc(/C=C/c4cccc(/C=C/c5ccc(N(c6ccc(COCc7ccc(C=C)cc7)cc6)c6ccc(C)c(C)c6)cc5)c4)cc3)c3ccc(C)c(C)c3)cc2)cc1. The Labute approximate surface area is 439 Å².